The number of hydrogen-bond donors (Lipinski definition) is 1. The summed E-state index contributed by atoms with van der Waals surface area (Å²) >= 11 is 5.81. The van der Waals surface area contributed by atoms with Crippen molar-refractivity contribution in [3.05, 3.63) is 64.7 Å². The van der Waals surface area contributed by atoms with Crippen molar-refractivity contribution in [3.63, 3.8) is 0 Å². The van der Waals surface area contributed by atoms with Gasteiger partial charge < -0.3 is 5.32 Å². The second kappa shape index (κ2) is 5.94. The first-order valence-corrected chi connectivity index (χ1v) is 6.10. The van der Waals surface area contributed by atoms with E-state index in [1.165, 1.54) is 0 Å². The Bertz CT molecular complexity index is 516. The van der Waals surface area contributed by atoms with Gasteiger partial charge in [0.05, 0.1) is 5.02 Å². The van der Waals surface area contributed by atoms with E-state index >= 15 is 0 Å². The molecule has 0 saturated heterocycles. The zero-order valence-electron chi connectivity index (χ0n) is 10.0. The Morgan fingerprint density at radius 1 is 1.28 bits per heavy atom. The highest BCUT2D eigenvalue weighted by atomic mass is 35.5. The second-order valence-electron chi connectivity index (χ2n) is 4.04. The van der Waals surface area contributed by atoms with Gasteiger partial charge in [0, 0.05) is 24.0 Å². The lowest BCUT2D eigenvalue weighted by Crippen LogP contribution is -2.20. The minimum Gasteiger partial charge on any atom is -0.313 e. The van der Waals surface area contributed by atoms with E-state index in [0.29, 0.717) is 12.0 Å². The van der Waals surface area contributed by atoms with Crippen LogP contribution in [0.15, 0.2) is 42.7 Å². The third kappa shape index (κ3) is 2.86. The van der Waals surface area contributed by atoms with E-state index in [2.05, 4.69) is 10.3 Å². The zero-order chi connectivity index (χ0) is 13.0. The lowest BCUT2D eigenvalue weighted by atomic mass is 9.99. The molecule has 2 aromatic rings. The average molecular weight is 265 g/mol. The molecule has 1 N–H and O–H groups in total. The second-order valence-corrected chi connectivity index (χ2v) is 4.45. The van der Waals surface area contributed by atoms with Crippen LogP contribution in [0.3, 0.4) is 0 Å². The lowest BCUT2D eigenvalue weighted by molar-refractivity contribution is 0.534. The van der Waals surface area contributed by atoms with Gasteiger partial charge in [0.1, 0.15) is 5.82 Å². The number of rotatable bonds is 4. The van der Waals surface area contributed by atoms with E-state index in [4.69, 9.17) is 11.6 Å². The third-order valence-electron chi connectivity index (χ3n) is 2.89. The van der Waals surface area contributed by atoms with Gasteiger partial charge in [-0.05, 0) is 37.2 Å². The molecule has 0 saturated carbocycles. The molecule has 2 nitrogen and oxygen atoms in total. The number of halogens is 2. The molecule has 0 spiro atoms. The first kappa shape index (κ1) is 13.0. The van der Waals surface area contributed by atoms with E-state index in [-0.39, 0.29) is 16.9 Å². The smallest absolute Gasteiger partial charge is 0.146 e. The molecule has 18 heavy (non-hydrogen) atoms. The van der Waals surface area contributed by atoms with E-state index < -0.39 is 0 Å². The van der Waals surface area contributed by atoms with E-state index in [1.54, 1.807) is 30.6 Å². The summed E-state index contributed by atoms with van der Waals surface area (Å²) in [7, 11) is 1.81. The van der Waals surface area contributed by atoms with Crippen LogP contribution in [0.4, 0.5) is 4.39 Å². The van der Waals surface area contributed by atoms with Gasteiger partial charge in [-0.1, -0.05) is 23.7 Å². The van der Waals surface area contributed by atoms with Crippen molar-refractivity contribution in [1.82, 2.24) is 10.3 Å². The Morgan fingerprint density at radius 2 is 2.00 bits per heavy atom. The summed E-state index contributed by atoms with van der Waals surface area (Å²) in [4.78, 5) is 3.97. The fourth-order valence-electron chi connectivity index (χ4n) is 1.91. The van der Waals surface area contributed by atoms with Gasteiger partial charge in [-0.25, -0.2) is 4.39 Å². The molecule has 1 aromatic carbocycles. The molecule has 0 aliphatic carbocycles. The minimum atomic E-state index is -0.354. The van der Waals surface area contributed by atoms with Gasteiger partial charge in [0.2, 0.25) is 0 Å². The molecule has 94 valence electrons. The maximum absolute atomic E-state index is 14.0. The van der Waals surface area contributed by atoms with Gasteiger partial charge >= 0.3 is 0 Å². The Labute approximate surface area is 111 Å². The Kier molecular flexibility index (Phi) is 4.28. The molecule has 0 amide bonds. The molecule has 0 aliphatic heterocycles. The summed E-state index contributed by atoms with van der Waals surface area (Å²) in [5, 5.41) is 3.27. The van der Waals surface area contributed by atoms with Crippen molar-refractivity contribution in [2.24, 2.45) is 0 Å². The van der Waals surface area contributed by atoms with Crippen LogP contribution in [0.25, 0.3) is 0 Å². The highest BCUT2D eigenvalue weighted by molar-refractivity contribution is 6.30. The fourth-order valence-corrected chi connectivity index (χ4v) is 2.09. The molecule has 0 bridgehead atoms. The Morgan fingerprint density at radius 3 is 2.67 bits per heavy atom. The number of nitrogens with one attached hydrogen (secondary N) is 1. The van der Waals surface area contributed by atoms with Crippen molar-refractivity contribution in [2.45, 2.75) is 12.5 Å². The summed E-state index contributed by atoms with van der Waals surface area (Å²) < 4.78 is 14.0. The monoisotopic (exact) mass is 264 g/mol. The number of benzene rings is 1. The van der Waals surface area contributed by atoms with Crippen LogP contribution in [0.2, 0.25) is 5.02 Å². The highest BCUT2D eigenvalue weighted by Gasteiger charge is 2.16. The summed E-state index contributed by atoms with van der Waals surface area (Å²) in [6.07, 6.45) is 4.16. The van der Waals surface area contributed by atoms with Crippen LogP contribution < -0.4 is 5.32 Å². The summed E-state index contributed by atoms with van der Waals surface area (Å²) in [5.41, 5.74) is 1.69. The summed E-state index contributed by atoms with van der Waals surface area (Å²) in [5.74, 6) is -0.354. The number of hydrogen-bond acceptors (Lipinski definition) is 2. The molecule has 2 rings (SSSR count). The quantitative estimate of drug-likeness (QED) is 0.916. The maximum atomic E-state index is 14.0. The first-order valence-electron chi connectivity index (χ1n) is 5.72. The standard InChI is InChI=1S/C14H14ClFN2/c1-17-13(9-10-5-7-18-8-6-10)11-3-2-4-12(15)14(11)16/h2-8,13,17H,9H2,1H3. The number of likely N-dealkylation sites (N-methyl/N-ethyl adjacent to an activating group) is 1. The van der Waals surface area contributed by atoms with Crippen LogP contribution in [-0.4, -0.2) is 12.0 Å². The zero-order valence-corrected chi connectivity index (χ0v) is 10.8. The van der Waals surface area contributed by atoms with Crippen molar-refractivity contribution < 1.29 is 4.39 Å². The van der Waals surface area contributed by atoms with Crippen LogP contribution in [0, 0.1) is 5.82 Å². The first-order chi connectivity index (χ1) is 8.72. The van der Waals surface area contributed by atoms with Crippen LogP contribution in [-0.2, 0) is 6.42 Å². The normalized spacial score (nSPS) is 12.4. The average Bonchev–Trinajstić information content (AvgIpc) is 2.41. The van der Waals surface area contributed by atoms with Crippen molar-refractivity contribution in [2.75, 3.05) is 7.05 Å². The van der Waals surface area contributed by atoms with E-state index in [0.717, 1.165) is 5.56 Å². The van der Waals surface area contributed by atoms with Gasteiger partial charge in [0.25, 0.3) is 0 Å². The molecule has 1 unspecified atom stereocenters. The molecule has 1 aromatic heterocycles. The minimum absolute atomic E-state index is 0.105. The van der Waals surface area contributed by atoms with Crippen molar-refractivity contribution in [3.8, 4) is 0 Å². The molecular formula is C14H14ClFN2. The third-order valence-corrected chi connectivity index (χ3v) is 3.19. The van der Waals surface area contributed by atoms with Crippen LogP contribution >= 0.6 is 11.6 Å². The van der Waals surface area contributed by atoms with Gasteiger partial charge in [-0.2, -0.15) is 0 Å². The summed E-state index contributed by atoms with van der Waals surface area (Å²) in [6.45, 7) is 0. The summed E-state index contributed by atoms with van der Waals surface area (Å²) in [6, 6.07) is 8.81. The fraction of sp³-hybridized carbons (Fsp3) is 0.214. The number of nitrogens with zero attached hydrogens (tertiary/aromatic N) is 1. The van der Waals surface area contributed by atoms with Gasteiger partial charge in [-0.15, -0.1) is 0 Å². The predicted octanol–water partition coefficient (Wildman–Crippen LogP) is 3.38. The maximum Gasteiger partial charge on any atom is 0.146 e. The molecule has 1 heterocycles. The largest absolute Gasteiger partial charge is 0.313 e. The number of pyridine rings is 1. The highest BCUT2D eigenvalue weighted by Crippen LogP contribution is 2.25. The SMILES string of the molecule is CNC(Cc1ccncc1)c1cccc(Cl)c1F. The number of aromatic nitrogens is 1. The van der Waals surface area contributed by atoms with E-state index in [1.807, 2.05) is 19.2 Å². The van der Waals surface area contributed by atoms with Crippen molar-refractivity contribution >= 4 is 11.6 Å². The topological polar surface area (TPSA) is 24.9 Å². The molecular weight excluding hydrogens is 251 g/mol. The molecule has 1 atom stereocenters. The van der Waals surface area contributed by atoms with Gasteiger partial charge in [0.15, 0.2) is 0 Å². The Balaban J connectivity index is 2.26. The molecule has 4 heteroatoms. The van der Waals surface area contributed by atoms with Gasteiger partial charge in [-0.3, -0.25) is 4.98 Å². The van der Waals surface area contributed by atoms with E-state index in [9.17, 15) is 4.39 Å². The molecule has 0 aliphatic rings. The predicted molar refractivity (Wildman–Crippen MR) is 71.2 cm³/mol. The van der Waals surface area contributed by atoms with Crippen molar-refractivity contribution in [1.29, 1.82) is 0 Å². The lowest BCUT2D eigenvalue weighted by Gasteiger charge is -2.17. The molecule has 0 radical (unpaired) electrons. The Hall–Kier alpha value is -1.45. The van der Waals surface area contributed by atoms with Crippen LogP contribution in [0.5, 0.6) is 0 Å². The van der Waals surface area contributed by atoms with Crippen LogP contribution in [0.1, 0.15) is 17.2 Å². The molecule has 0 fully saturated rings.